The monoisotopic (exact) mass is 467 g/mol. The molecule has 28 heavy (non-hydrogen) atoms. The largest absolute Gasteiger partial charge is 0.493 e. The molecule has 0 heterocycles. The average molecular weight is 469 g/mol. The van der Waals surface area contributed by atoms with Crippen molar-refractivity contribution in [1.29, 1.82) is 0 Å². The standard InChI is InChI=1S/C21H17BrClF2NO2/c1-27-20-10-9-17(22)15(11-26-14-7-5-13(24)6-8-14)21(20)28-12-16-18(23)3-2-4-19(16)25/h2-10,26H,11-12H2,1H3. The van der Waals surface area contributed by atoms with Gasteiger partial charge in [-0.2, -0.15) is 0 Å². The zero-order chi connectivity index (χ0) is 20.1. The Labute approximate surface area is 175 Å². The molecule has 3 rings (SSSR count). The predicted molar refractivity (Wildman–Crippen MR) is 110 cm³/mol. The highest BCUT2D eigenvalue weighted by molar-refractivity contribution is 9.10. The summed E-state index contributed by atoms with van der Waals surface area (Å²) in [6.07, 6.45) is 0. The number of hydrogen-bond donors (Lipinski definition) is 1. The molecule has 3 nitrogen and oxygen atoms in total. The Morgan fingerprint density at radius 3 is 2.43 bits per heavy atom. The third-order valence-corrected chi connectivity index (χ3v) is 5.22. The second-order valence-electron chi connectivity index (χ2n) is 5.91. The Balaban J connectivity index is 1.86. The van der Waals surface area contributed by atoms with Crippen molar-refractivity contribution in [2.24, 2.45) is 0 Å². The molecular weight excluding hydrogens is 452 g/mol. The molecule has 146 valence electrons. The van der Waals surface area contributed by atoms with Crippen LogP contribution in [0.3, 0.4) is 0 Å². The first kappa shape index (κ1) is 20.4. The summed E-state index contributed by atoms with van der Waals surface area (Å²) in [5.74, 6) is 0.226. The van der Waals surface area contributed by atoms with E-state index in [1.54, 1.807) is 30.3 Å². The Hall–Kier alpha value is -2.31. The van der Waals surface area contributed by atoms with Crippen molar-refractivity contribution in [3.05, 3.63) is 86.9 Å². The molecule has 0 saturated carbocycles. The molecule has 0 unspecified atom stereocenters. The minimum absolute atomic E-state index is 0.0537. The Morgan fingerprint density at radius 2 is 1.75 bits per heavy atom. The number of ether oxygens (including phenoxy) is 2. The molecule has 3 aromatic rings. The maximum Gasteiger partial charge on any atom is 0.167 e. The minimum atomic E-state index is -0.438. The second kappa shape index (κ2) is 9.26. The second-order valence-corrected chi connectivity index (χ2v) is 7.17. The van der Waals surface area contributed by atoms with E-state index in [0.717, 1.165) is 15.7 Å². The first-order valence-electron chi connectivity index (χ1n) is 8.40. The summed E-state index contributed by atoms with van der Waals surface area (Å²) in [6.45, 7) is 0.325. The van der Waals surface area contributed by atoms with Crippen molar-refractivity contribution >= 4 is 33.2 Å². The smallest absolute Gasteiger partial charge is 0.167 e. The summed E-state index contributed by atoms with van der Waals surface area (Å²) >= 11 is 9.61. The SMILES string of the molecule is COc1ccc(Br)c(CNc2ccc(F)cc2)c1OCc1c(F)cccc1Cl. The van der Waals surface area contributed by atoms with Gasteiger partial charge in [0.2, 0.25) is 0 Å². The first-order valence-corrected chi connectivity index (χ1v) is 9.57. The van der Waals surface area contributed by atoms with E-state index in [2.05, 4.69) is 21.2 Å². The van der Waals surface area contributed by atoms with Crippen LogP contribution in [-0.4, -0.2) is 7.11 Å². The topological polar surface area (TPSA) is 30.5 Å². The maximum absolute atomic E-state index is 14.1. The van der Waals surface area contributed by atoms with Crippen LogP contribution in [0.1, 0.15) is 11.1 Å². The van der Waals surface area contributed by atoms with Crippen LogP contribution in [0.15, 0.2) is 59.1 Å². The van der Waals surface area contributed by atoms with Crippen molar-refractivity contribution in [2.75, 3.05) is 12.4 Å². The van der Waals surface area contributed by atoms with Gasteiger partial charge in [0.25, 0.3) is 0 Å². The molecular formula is C21H17BrClF2NO2. The number of anilines is 1. The summed E-state index contributed by atoms with van der Waals surface area (Å²) in [4.78, 5) is 0. The lowest BCUT2D eigenvalue weighted by molar-refractivity contribution is 0.277. The fraction of sp³-hybridized carbons (Fsp3) is 0.143. The third kappa shape index (κ3) is 4.75. The summed E-state index contributed by atoms with van der Waals surface area (Å²) < 4.78 is 39.3. The lowest BCUT2D eigenvalue weighted by Crippen LogP contribution is -2.07. The summed E-state index contributed by atoms with van der Waals surface area (Å²) in [6, 6.07) is 14.1. The molecule has 0 radical (unpaired) electrons. The van der Waals surface area contributed by atoms with Gasteiger partial charge in [0.15, 0.2) is 11.5 Å². The molecule has 0 spiro atoms. The van der Waals surface area contributed by atoms with Crippen LogP contribution in [0.2, 0.25) is 5.02 Å². The summed E-state index contributed by atoms with van der Waals surface area (Å²) in [5, 5.41) is 3.50. The highest BCUT2D eigenvalue weighted by atomic mass is 79.9. The van der Waals surface area contributed by atoms with Gasteiger partial charge in [-0.05, 0) is 48.5 Å². The molecule has 0 atom stereocenters. The molecule has 0 fully saturated rings. The third-order valence-electron chi connectivity index (χ3n) is 4.12. The van der Waals surface area contributed by atoms with Crippen molar-refractivity contribution in [3.8, 4) is 11.5 Å². The van der Waals surface area contributed by atoms with E-state index in [-0.39, 0.29) is 18.0 Å². The Bertz CT molecular complexity index is 947. The van der Waals surface area contributed by atoms with E-state index < -0.39 is 5.82 Å². The number of hydrogen-bond acceptors (Lipinski definition) is 3. The van der Waals surface area contributed by atoms with Crippen LogP contribution in [0.5, 0.6) is 11.5 Å². The van der Waals surface area contributed by atoms with E-state index >= 15 is 0 Å². The first-order chi connectivity index (χ1) is 13.5. The number of nitrogens with one attached hydrogen (secondary N) is 1. The van der Waals surface area contributed by atoms with E-state index in [0.29, 0.717) is 23.1 Å². The van der Waals surface area contributed by atoms with Gasteiger partial charge in [-0.25, -0.2) is 8.78 Å². The van der Waals surface area contributed by atoms with Gasteiger partial charge in [0, 0.05) is 27.8 Å². The van der Waals surface area contributed by atoms with Crippen LogP contribution < -0.4 is 14.8 Å². The molecule has 7 heteroatoms. The summed E-state index contributed by atoms with van der Waals surface area (Å²) in [7, 11) is 1.53. The molecule has 1 N–H and O–H groups in total. The zero-order valence-electron chi connectivity index (χ0n) is 14.9. The number of methoxy groups -OCH3 is 1. The highest BCUT2D eigenvalue weighted by Gasteiger charge is 2.16. The van der Waals surface area contributed by atoms with Crippen LogP contribution >= 0.6 is 27.5 Å². The fourth-order valence-corrected chi connectivity index (χ4v) is 3.31. The molecule has 0 amide bonds. The maximum atomic E-state index is 14.1. The Morgan fingerprint density at radius 1 is 1.00 bits per heavy atom. The average Bonchev–Trinajstić information content (AvgIpc) is 2.68. The lowest BCUT2D eigenvalue weighted by Gasteiger charge is -2.18. The quantitative estimate of drug-likeness (QED) is 0.425. The van der Waals surface area contributed by atoms with E-state index in [4.69, 9.17) is 21.1 Å². The molecule has 0 aliphatic heterocycles. The molecule has 0 aromatic heterocycles. The van der Waals surface area contributed by atoms with E-state index in [1.165, 1.54) is 25.3 Å². The number of rotatable bonds is 7. The van der Waals surface area contributed by atoms with E-state index in [1.807, 2.05) is 6.07 Å². The van der Waals surface area contributed by atoms with Crippen molar-refractivity contribution in [3.63, 3.8) is 0 Å². The van der Waals surface area contributed by atoms with Gasteiger partial charge in [-0.3, -0.25) is 0 Å². The van der Waals surface area contributed by atoms with Gasteiger partial charge in [-0.1, -0.05) is 33.6 Å². The Kier molecular flexibility index (Phi) is 6.75. The van der Waals surface area contributed by atoms with Crippen LogP contribution in [0.25, 0.3) is 0 Å². The summed E-state index contributed by atoms with van der Waals surface area (Å²) in [5.41, 5.74) is 1.79. The van der Waals surface area contributed by atoms with Gasteiger partial charge in [0.1, 0.15) is 18.2 Å². The highest BCUT2D eigenvalue weighted by Crippen LogP contribution is 2.37. The molecule has 0 bridgehead atoms. The van der Waals surface area contributed by atoms with Crippen molar-refractivity contribution in [2.45, 2.75) is 13.2 Å². The lowest BCUT2D eigenvalue weighted by atomic mass is 10.1. The van der Waals surface area contributed by atoms with Gasteiger partial charge >= 0.3 is 0 Å². The zero-order valence-corrected chi connectivity index (χ0v) is 17.3. The van der Waals surface area contributed by atoms with Crippen LogP contribution in [-0.2, 0) is 13.2 Å². The van der Waals surface area contributed by atoms with Crippen LogP contribution in [0, 0.1) is 11.6 Å². The molecule has 0 aliphatic rings. The van der Waals surface area contributed by atoms with Gasteiger partial charge in [0.05, 0.1) is 12.1 Å². The number of halogens is 4. The normalized spacial score (nSPS) is 10.6. The molecule has 0 saturated heterocycles. The van der Waals surface area contributed by atoms with Gasteiger partial charge in [-0.15, -0.1) is 0 Å². The van der Waals surface area contributed by atoms with Crippen LogP contribution in [0.4, 0.5) is 14.5 Å². The molecule has 0 aliphatic carbocycles. The number of benzene rings is 3. The fourth-order valence-electron chi connectivity index (χ4n) is 2.64. The predicted octanol–water partition coefficient (Wildman–Crippen LogP) is 6.58. The molecule has 3 aromatic carbocycles. The minimum Gasteiger partial charge on any atom is -0.493 e. The van der Waals surface area contributed by atoms with E-state index in [9.17, 15) is 8.78 Å². The van der Waals surface area contributed by atoms with Crippen molar-refractivity contribution < 1.29 is 18.3 Å². The van der Waals surface area contributed by atoms with Crippen molar-refractivity contribution in [1.82, 2.24) is 0 Å². The van der Waals surface area contributed by atoms with Gasteiger partial charge < -0.3 is 14.8 Å².